The van der Waals surface area contributed by atoms with Crippen molar-refractivity contribution in [2.75, 3.05) is 11.9 Å². The number of nitrogens with two attached hydrogens (primary N) is 1. The zero-order chi connectivity index (χ0) is 24.9. The second-order valence-corrected chi connectivity index (χ2v) is 12.4. The number of rotatable bonds is 6. The summed E-state index contributed by atoms with van der Waals surface area (Å²) in [5.41, 5.74) is 1.62. The van der Waals surface area contributed by atoms with Crippen molar-refractivity contribution < 1.29 is 22.0 Å². The summed E-state index contributed by atoms with van der Waals surface area (Å²) >= 11 is 1.38. The summed E-state index contributed by atoms with van der Waals surface area (Å²) in [5.74, 6) is -2.95. The lowest BCUT2D eigenvalue weighted by molar-refractivity contribution is -0.122. The van der Waals surface area contributed by atoms with E-state index < -0.39 is 15.9 Å². The highest BCUT2D eigenvalue weighted by Gasteiger charge is 2.47. The summed E-state index contributed by atoms with van der Waals surface area (Å²) in [6.07, 6.45) is 0.475. The molecule has 182 valence electrons. The molecule has 0 radical (unpaired) electrons. The van der Waals surface area contributed by atoms with Gasteiger partial charge in [0.2, 0.25) is 21.9 Å². The van der Waals surface area contributed by atoms with E-state index in [0.29, 0.717) is 35.6 Å². The molecule has 1 aliphatic carbocycles. The second-order valence-electron chi connectivity index (χ2n) is 9.73. The van der Waals surface area contributed by atoms with E-state index in [2.05, 4.69) is 30.1 Å². The summed E-state index contributed by atoms with van der Waals surface area (Å²) in [5, 5.41) is 18.2. The maximum absolute atomic E-state index is 13.3. The Labute approximate surface area is 201 Å². The van der Waals surface area contributed by atoms with Crippen molar-refractivity contribution in [1.82, 2.24) is 4.90 Å². The number of benzene rings is 1. The summed E-state index contributed by atoms with van der Waals surface area (Å²) in [7, 11) is -3.81. The van der Waals surface area contributed by atoms with E-state index in [0.717, 1.165) is 10.4 Å². The van der Waals surface area contributed by atoms with Crippen LogP contribution in [0.15, 0.2) is 29.2 Å². The van der Waals surface area contributed by atoms with E-state index in [-0.39, 0.29) is 41.5 Å². The van der Waals surface area contributed by atoms with Crippen LogP contribution in [0.5, 0.6) is 0 Å². The number of fused-ring (bicyclic) bond motifs is 1. The van der Waals surface area contributed by atoms with Gasteiger partial charge >= 0.3 is 0 Å². The van der Waals surface area contributed by atoms with Crippen LogP contribution in [0.3, 0.4) is 0 Å². The molecule has 1 fully saturated rings. The molecule has 1 aromatic heterocycles. The number of sulfonamides is 1. The van der Waals surface area contributed by atoms with Crippen molar-refractivity contribution in [3.05, 3.63) is 45.8 Å². The molecule has 34 heavy (non-hydrogen) atoms. The number of alkyl halides is 2. The summed E-state index contributed by atoms with van der Waals surface area (Å²) in [4.78, 5) is 15.8. The van der Waals surface area contributed by atoms with E-state index >= 15 is 0 Å². The second kappa shape index (κ2) is 8.68. The maximum Gasteiger partial charge on any atom is 0.248 e. The molecule has 1 aliphatic heterocycles. The summed E-state index contributed by atoms with van der Waals surface area (Å²) in [6, 6.07) is 7.94. The highest BCUT2D eigenvalue weighted by Crippen LogP contribution is 2.46. The molecule has 2 aliphatic rings. The lowest BCUT2D eigenvalue weighted by Gasteiger charge is -2.46. The van der Waals surface area contributed by atoms with Crippen molar-refractivity contribution in [3.63, 3.8) is 0 Å². The number of primary sulfonamides is 1. The van der Waals surface area contributed by atoms with Gasteiger partial charge in [0.15, 0.2) is 0 Å². The minimum Gasteiger partial charge on any atom is -0.316 e. The Balaban J connectivity index is 1.47. The quantitative estimate of drug-likeness (QED) is 0.618. The molecular formula is C23H26F2N4O3S2. The van der Waals surface area contributed by atoms with Gasteiger partial charge in [0, 0.05) is 48.3 Å². The van der Waals surface area contributed by atoms with Crippen LogP contribution in [0.1, 0.15) is 48.3 Å². The number of anilines is 1. The SMILES string of the molecule is CC1(C)Cc2sc(NC(=O)Cc3ccc(S(N)(=O)=O)cc3)c(C#N)c2CN1CC1CC(F)(F)C1. The Morgan fingerprint density at radius 2 is 1.94 bits per heavy atom. The fraction of sp³-hybridized carbons (Fsp3) is 0.478. The summed E-state index contributed by atoms with van der Waals surface area (Å²) in [6.45, 7) is 5.18. The fourth-order valence-corrected chi connectivity index (χ4v) is 6.54. The van der Waals surface area contributed by atoms with Gasteiger partial charge in [0.05, 0.1) is 16.9 Å². The number of amides is 1. The standard InChI is InChI=1S/C23H26F2N4O3S2/c1-22(2)10-19-18(13-29(22)12-15-8-23(24,25)9-15)17(11-26)21(33-19)28-20(30)7-14-3-5-16(6-4-14)34(27,31)32/h3-6,15H,7-10,12-13H2,1-2H3,(H,28,30)(H2,27,31,32). The predicted octanol–water partition coefficient (Wildman–Crippen LogP) is 3.63. The highest BCUT2D eigenvalue weighted by molar-refractivity contribution is 7.89. The number of nitriles is 1. The average molecular weight is 509 g/mol. The van der Waals surface area contributed by atoms with Crippen LogP contribution in [0, 0.1) is 17.2 Å². The van der Waals surface area contributed by atoms with Gasteiger partial charge in [0.1, 0.15) is 11.1 Å². The Morgan fingerprint density at radius 3 is 2.50 bits per heavy atom. The van der Waals surface area contributed by atoms with Gasteiger partial charge in [-0.3, -0.25) is 9.69 Å². The molecule has 1 amide bonds. The monoisotopic (exact) mass is 508 g/mol. The summed E-state index contributed by atoms with van der Waals surface area (Å²) < 4.78 is 49.4. The first-order chi connectivity index (χ1) is 15.8. The van der Waals surface area contributed by atoms with Gasteiger partial charge < -0.3 is 5.32 Å². The molecule has 7 nitrogen and oxygen atoms in total. The number of nitrogens with one attached hydrogen (secondary N) is 1. The molecule has 0 saturated heterocycles. The zero-order valence-corrected chi connectivity index (χ0v) is 20.5. The Bertz CT molecular complexity index is 1260. The molecule has 1 aromatic carbocycles. The van der Waals surface area contributed by atoms with Gasteiger partial charge in [-0.2, -0.15) is 5.26 Å². The van der Waals surface area contributed by atoms with Crippen LogP contribution in [-0.2, 0) is 34.2 Å². The minimum atomic E-state index is -3.81. The highest BCUT2D eigenvalue weighted by atomic mass is 32.2. The molecule has 0 spiro atoms. The molecule has 0 bridgehead atoms. The number of halogens is 2. The lowest BCUT2D eigenvalue weighted by atomic mass is 9.79. The fourth-order valence-electron chi connectivity index (χ4n) is 4.63. The van der Waals surface area contributed by atoms with Crippen molar-refractivity contribution in [2.24, 2.45) is 11.1 Å². The third-order valence-electron chi connectivity index (χ3n) is 6.52. The van der Waals surface area contributed by atoms with Crippen LogP contribution >= 0.6 is 11.3 Å². The number of hydrogen-bond donors (Lipinski definition) is 2. The van der Waals surface area contributed by atoms with E-state index in [1.54, 1.807) is 0 Å². The van der Waals surface area contributed by atoms with E-state index in [4.69, 9.17) is 5.14 Å². The molecule has 3 N–H and O–H groups in total. The Morgan fingerprint density at radius 1 is 1.29 bits per heavy atom. The van der Waals surface area contributed by atoms with Crippen LogP contribution in [0.25, 0.3) is 0 Å². The third kappa shape index (κ3) is 5.15. The van der Waals surface area contributed by atoms with Crippen molar-refractivity contribution >= 4 is 32.3 Å². The van der Waals surface area contributed by atoms with Gasteiger partial charge in [-0.15, -0.1) is 11.3 Å². The van der Waals surface area contributed by atoms with Gasteiger partial charge in [-0.1, -0.05) is 12.1 Å². The smallest absolute Gasteiger partial charge is 0.248 e. The first-order valence-electron chi connectivity index (χ1n) is 10.9. The first-order valence-corrected chi connectivity index (χ1v) is 13.2. The molecule has 1 saturated carbocycles. The molecule has 2 heterocycles. The van der Waals surface area contributed by atoms with Crippen LogP contribution in [-0.4, -0.2) is 37.2 Å². The Hall–Kier alpha value is -2.39. The van der Waals surface area contributed by atoms with Crippen LogP contribution in [0.4, 0.5) is 13.8 Å². The molecule has 0 unspecified atom stereocenters. The largest absolute Gasteiger partial charge is 0.316 e. The third-order valence-corrected chi connectivity index (χ3v) is 8.60. The van der Waals surface area contributed by atoms with Gasteiger partial charge in [-0.25, -0.2) is 22.3 Å². The van der Waals surface area contributed by atoms with Crippen LogP contribution in [0.2, 0.25) is 0 Å². The average Bonchev–Trinajstić information content (AvgIpc) is 3.01. The predicted molar refractivity (Wildman–Crippen MR) is 125 cm³/mol. The van der Waals surface area contributed by atoms with E-state index in [1.165, 1.54) is 35.6 Å². The molecule has 0 atom stereocenters. The number of carbonyl (C=O) groups is 1. The molecule has 4 rings (SSSR count). The molecule has 11 heteroatoms. The topological polar surface area (TPSA) is 116 Å². The maximum atomic E-state index is 13.3. The van der Waals surface area contributed by atoms with E-state index in [9.17, 15) is 27.3 Å². The van der Waals surface area contributed by atoms with Crippen LogP contribution < -0.4 is 10.5 Å². The van der Waals surface area contributed by atoms with Gasteiger partial charge in [0.25, 0.3) is 0 Å². The Kier molecular flexibility index (Phi) is 6.31. The number of carbonyl (C=O) groups excluding carboxylic acids is 1. The van der Waals surface area contributed by atoms with Crippen molar-refractivity contribution in [2.45, 2.75) is 62.4 Å². The van der Waals surface area contributed by atoms with Crippen molar-refractivity contribution in [1.29, 1.82) is 5.26 Å². The molecule has 2 aromatic rings. The van der Waals surface area contributed by atoms with Gasteiger partial charge in [-0.05, 0) is 37.5 Å². The van der Waals surface area contributed by atoms with Crippen molar-refractivity contribution in [3.8, 4) is 6.07 Å². The number of nitrogens with zero attached hydrogens (tertiary/aromatic N) is 2. The lowest BCUT2D eigenvalue weighted by Crippen LogP contribution is -2.52. The number of thiophene rings is 1. The number of hydrogen-bond acceptors (Lipinski definition) is 6. The minimum absolute atomic E-state index is 0.00580. The zero-order valence-electron chi connectivity index (χ0n) is 18.9. The first kappa shape index (κ1) is 24.7. The molecular weight excluding hydrogens is 482 g/mol. The van der Waals surface area contributed by atoms with E-state index in [1.807, 2.05) is 0 Å². The normalized spacial score (nSPS) is 19.6.